The van der Waals surface area contributed by atoms with E-state index in [2.05, 4.69) is 27.3 Å². The van der Waals surface area contributed by atoms with Gasteiger partial charge in [0.1, 0.15) is 5.82 Å². The summed E-state index contributed by atoms with van der Waals surface area (Å²) >= 11 is 0. The smallest absolute Gasteiger partial charge is 0.252 e. The Labute approximate surface area is 203 Å². The Morgan fingerprint density at radius 1 is 0.941 bits per heavy atom. The minimum absolute atomic E-state index is 0.0829. The number of carbonyl (C=O) groups excluding carboxylic acids is 2. The molecule has 1 aliphatic carbocycles. The molecule has 2 amide bonds. The highest BCUT2D eigenvalue weighted by Gasteiger charge is 2.23. The van der Waals surface area contributed by atoms with Crippen LogP contribution in [0.25, 0.3) is 0 Å². The third-order valence-corrected chi connectivity index (χ3v) is 7.23. The van der Waals surface area contributed by atoms with Gasteiger partial charge in [-0.15, -0.1) is 0 Å². The molecule has 0 bridgehead atoms. The molecular formula is C28H38N4O2. The largest absolute Gasteiger partial charge is 0.353 e. The molecule has 1 aliphatic heterocycles. The number of aromatic nitrogens is 1. The Morgan fingerprint density at radius 2 is 1.71 bits per heavy atom. The van der Waals surface area contributed by atoms with Gasteiger partial charge in [0.2, 0.25) is 5.91 Å². The molecule has 2 fully saturated rings. The molecule has 1 aromatic heterocycles. The SMILES string of the molecule is O=C(NCCCc1ccccc1)c1ccc(N2CCN(C(=O)CCC3CCCCC3)CC2)nc1. The van der Waals surface area contributed by atoms with Gasteiger partial charge in [-0.25, -0.2) is 4.98 Å². The summed E-state index contributed by atoms with van der Waals surface area (Å²) in [4.78, 5) is 33.8. The maximum atomic E-state index is 12.6. The highest BCUT2D eigenvalue weighted by molar-refractivity contribution is 5.94. The number of amides is 2. The van der Waals surface area contributed by atoms with Crippen LogP contribution >= 0.6 is 0 Å². The lowest BCUT2D eigenvalue weighted by atomic mass is 9.86. The minimum Gasteiger partial charge on any atom is -0.353 e. The first-order valence-electron chi connectivity index (χ1n) is 13.0. The van der Waals surface area contributed by atoms with E-state index in [9.17, 15) is 9.59 Å². The maximum Gasteiger partial charge on any atom is 0.252 e. The third kappa shape index (κ3) is 7.05. The zero-order chi connectivity index (χ0) is 23.6. The summed E-state index contributed by atoms with van der Waals surface area (Å²) in [6.07, 6.45) is 11.9. The third-order valence-electron chi connectivity index (χ3n) is 7.23. The number of hydrogen-bond donors (Lipinski definition) is 1. The molecule has 0 unspecified atom stereocenters. The molecule has 1 saturated heterocycles. The Hall–Kier alpha value is -2.89. The predicted molar refractivity (Wildman–Crippen MR) is 136 cm³/mol. The van der Waals surface area contributed by atoms with E-state index in [0.717, 1.165) is 57.2 Å². The van der Waals surface area contributed by atoms with Crippen LogP contribution in [0.4, 0.5) is 5.82 Å². The van der Waals surface area contributed by atoms with Gasteiger partial charge in [0.15, 0.2) is 0 Å². The second-order valence-corrected chi connectivity index (χ2v) is 9.66. The van der Waals surface area contributed by atoms with Crippen LogP contribution in [-0.4, -0.2) is 54.4 Å². The van der Waals surface area contributed by atoms with E-state index in [-0.39, 0.29) is 5.91 Å². The van der Waals surface area contributed by atoms with Gasteiger partial charge in [-0.3, -0.25) is 9.59 Å². The fourth-order valence-corrected chi connectivity index (χ4v) is 5.10. The van der Waals surface area contributed by atoms with Crippen molar-refractivity contribution in [2.45, 2.75) is 57.8 Å². The summed E-state index contributed by atoms with van der Waals surface area (Å²) in [7, 11) is 0. The van der Waals surface area contributed by atoms with E-state index in [1.165, 1.54) is 37.7 Å². The lowest BCUT2D eigenvalue weighted by Gasteiger charge is -2.35. The van der Waals surface area contributed by atoms with Gasteiger partial charge in [0, 0.05) is 45.3 Å². The van der Waals surface area contributed by atoms with E-state index < -0.39 is 0 Å². The molecule has 1 aromatic carbocycles. The number of aryl methyl sites for hydroxylation is 1. The van der Waals surface area contributed by atoms with Crippen LogP contribution < -0.4 is 10.2 Å². The molecule has 2 heterocycles. The van der Waals surface area contributed by atoms with Crippen molar-refractivity contribution in [2.75, 3.05) is 37.6 Å². The summed E-state index contributed by atoms with van der Waals surface area (Å²) < 4.78 is 0. The van der Waals surface area contributed by atoms with Gasteiger partial charge in [0.05, 0.1) is 5.56 Å². The number of hydrogen-bond acceptors (Lipinski definition) is 4. The Kier molecular flexibility index (Phi) is 8.94. The molecule has 2 aromatic rings. The molecule has 0 spiro atoms. The van der Waals surface area contributed by atoms with Crippen molar-refractivity contribution in [3.63, 3.8) is 0 Å². The Bertz CT molecular complexity index is 902. The van der Waals surface area contributed by atoms with Crippen LogP contribution in [-0.2, 0) is 11.2 Å². The van der Waals surface area contributed by atoms with Crippen molar-refractivity contribution in [2.24, 2.45) is 5.92 Å². The summed E-state index contributed by atoms with van der Waals surface area (Å²) in [6.45, 7) is 3.70. The van der Waals surface area contributed by atoms with E-state index in [1.807, 2.05) is 35.2 Å². The Morgan fingerprint density at radius 3 is 2.41 bits per heavy atom. The summed E-state index contributed by atoms with van der Waals surface area (Å²) in [5, 5.41) is 2.99. The molecule has 0 radical (unpaired) electrons. The lowest BCUT2D eigenvalue weighted by molar-refractivity contribution is -0.131. The topological polar surface area (TPSA) is 65.5 Å². The van der Waals surface area contributed by atoms with Gasteiger partial charge >= 0.3 is 0 Å². The first-order valence-corrected chi connectivity index (χ1v) is 13.0. The van der Waals surface area contributed by atoms with Crippen LogP contribution in [0.5, 0.6) is 0 Å². The molecule has 34 heavy (non-hydrogen) atoms. The zero-order valence-corrected chi connectivity index (χ0v) is 20.3. The van der Waals surface area contributed by atoms with Crippen molar-refractivity contribution in [1.29, 1.82) is 0 Å². The van der Waals surface area contributed by atoms with Crippen LogP contribution in [0.2, 0.25) is 0 Å². The molecule has 6 nitrogen and oxygen atoms in total. The number of pyridine rings is 1. The van der Waals surface area contributed by atoms with Gasteiger partial charge in [-0.05, 0) is 42.9 Å². The summed E-state index contributed by atoms with van der Waals surface area (Å²) in [5.41, 5.74) is 1.87. The van der Waals surface area contributed by atoms with Crippen molar-refractivity contribution in [1.82, 2.24) is 15.2 Å². The zero-order valence-electron chi connectivity index (χ0n) is 20.3. The van der Waals surface area contributed by atoms with Crippen molar-refractivity contribution >= 4 is 17.6 Å². The van der Waals surface area contributed by atoms with Gasteiger partial charge in [0.25, 0.3) is 5.91 Å². The molecule has 0 atom stereocenters. The molecular weight excluding hydrogens is 424 g/mol. The molecule has 182 valence electrons. The summed E-state index contributed by atoms with van der Waals surface area (Å²) in [5.74, 6) is 1.84. The second-order valence-electron chi connectivity index (χ2n) is 9.66. The first kappa shape index (κ1) is 24.2. The van der Waals surface area contributed by atoms with E-state index in [0.29, 0.717) is 24.4 Å². The first-order chi connectivity index (χ1) is 16.7. The molecule has 4 rings (SSSR count). The van der Waals surface area contributed by atoms with E-state index >= 15 is 0 Å². The standard InChI is InChI=1S/C28H38N4O2/c33-27(16-13-24-10-5-2-6-11-24)32-20-18-31(19-21-32)26-15-14-25(22-30-26)28(34)29-17-7-12-23-8-3-1-4-9-23/h1,3-4,8-9,14-15,22,24H,2,5-7,10-13,16-21H2,(H,29,34). The molecule has 6 heteroatoms. The number of carbonyl (C=O) groups is 2. The van der Waals surface area contributed by atoms with Crippen molar-refractivity contribution < 1.29 is 9.59 Å². The lowest BCUT2D eigenvalue weighted by Crippen LogP contribution is -2.49. The van der Waals surface area contributed by atoms with E-state index in [1.54, 1.807) is 6.20 Å². The fraction of sp³-hybridized carbons (Fsp3) is 0.536. The molecule has 2 aliphatic rings. The van der Waals surface area contributed by atoms with Crippen LogP contribution in [0.3, 0.4) is 0 Å². The van der Waals surface area contributed by atoms with Crippen LogP contribution in [0.1, 0.15) is 67.3 Å². The average molecular weight is 463 g/mol. The number of nitrogens with zero attached hydrogens (tertiary/aromatic N) is 3. The maximum absolute atomic E-state index is 12.6. The number of nitrogens with one attached hydrogen (secondary N) is 1. The van der Waals surface area contributed by atoms with Crippen molar-refractivity contribution in [3.05, 3.63) is 59.8 Å². The monoisotopic (exact) mass is 462 g/mol. The van der Waals surface area contributed by atoms with Gasteiger partial charge < -0.3 is 15.1 Å². The van der Waals surface area contributed by atoms with Gasteiger partial charge in [-0.1, -0.05) is 62.4 Å². The second kappa shape index (κ2) is 12.5. The van der Waals surface area contributed by atoms with Gasteiger partial charge in [-0.2, -0.15) is 0 Å². The highest BCUT2D eigenvalue weighted by atomic mass is 16.2. The fourth-order valence-electron chi connectivity index (χ4n) is 5.10. The normalized spacial score (nSPS) is 16.9. The predicted octanol–water partition coefficient (Wildman–Crippen LogP) is 4.45. The number of piperazine rings is 1. The quantitative estimate of drug-likeness (QED) is 0.559. The molecule has 1 N–H and O–H groups in total. The number of anilines is 1. The minimum atomic E-state index is -0.0829. The average Bonchev–Trinajstić information content (AvgIpc) is 2.91. The number of benzene rings is 1. The highest BCUT2D eigenvalue weighted by Crippen LogP contribution is 2.27. The van der Waals surface area contributed by atoms with E-state index in [4.69, 9.17) is 0 Å². The number of rotatable bonds is 9. The summed E-state index contributed by atoms with van der Waals surface area (Å²) in [6, 6.07) is 14.1. The molecule has 1 saturated carbocycles. The van der Waals surface area contributed by atoms with Crippen LogP contribution in [0.15, 0.2) is 48.7 Å². The Balaban J connectivity index is 1.16. The van der Waals surface area contributed by atoms with Crippen LogP contribution in [0, 0.1) is 5.92 Å². The van der Waals surface area contributed by atoms with Crippen molar-refractivity contribution in [3.8, 4) is 0 Å².